The number of amides is 1. The van der Waals surface area contributed by atoms with E-state index in [4.69, 9.17) is 0 Å². The van der Waals surface area contributed by atoms with Gasteiger partial charge in [0.05, 0.1) is 18.6 Å². The van der Waals surface area contributed by atoms with Gasteiger partial charge in [-0.25, -0.2) is 0 Å². The van der Waals surface area contributed by atoms with E-state index >= 15 is 0 Å². The van der Waals surface area contributed by atoms with Gasteiger partial charge in [-0.05, 0) is 27.5 Å². The molecular weight excluding hydrogens is 298 g/mol. The summed E-state index contributed by atoms with van der Waals surface area (Å²) in [6.45, 7) is 0. The van der Waals surface area contributed by atoms with E-state index in [1.165, 1.54) is 5.39 Å². The molecule has 3 aromatic rings. The van der Waals surface area contributed by atoms with Gasteiger partial charge < -0.3 is 10.4 Å². The van der Waals surface area contributed by atoms with Crippen molar-refractivity contribution in [2.75, 3.05) is 0 Å². The predicted molar refractivity (Wildman–Crippen MR) is 94.7 cm³/mol. The van der Waals surface area contributed by atoms with Crippen LogP contribution in [-0.2, 0) is 17.6 Å². The molecule has 0 aromatic heterocycles. The average molecular weight is 317 g/mol. The quantitative estimate of drug-likeness (QED) is 0.779. The molecule has 2 unspecified atom stereocenters. The van der Waals surface area contributed by atoms with Crippen molar-refractivity contribution in [3.63, 3.8) is 0 Å². The van der Waals surface area contributed by atoms with Gasteiger partial charge in [-0.15, -0.1) is 0 Å². The average Bonchev–Trinajstić information content (AvgIpc) is 2.90. The Bertz CT molecular complexity index is 903. The molecule has 0 saturated carbocycles. The summed E-state index contributed by atoms with van der Waals surface area (Å²) in [5.74, 6) is -0.0639. The van der Waals surface area contributed by atoms with E-state index in [2.05, 4.69) is 11.4 Å². The molecule has 0 fully saturated rings. The molecule has 120 valence electrons. The van der Waals surface area contributed by atoms with Crippen molar-refractivity contribution in [3.05, 3.63) is 83.4 Å². The van der Waals surface area contributed by atoms with Crippen molar-refractivity contribution in [1.29, 1.82) is 0 Å². The number of aliphatic hydroxyl groups is 1. The van der Waals surface area contributed by atoms with Crippen LogP contribution in [0.4, 0.5) is 0 Å². The standard InChI is InChI=1S/C21H19NO2/c23-19-13-17-7-3-4-8-18(17)21(19)22-20(24)12-14-9-10-15-5-1-2-6-16(15)11-14/h1-11,19,21,23H,12-13H2,(H,22,24). The van der Waals surface area contributed by atoms with Gasteiger partial charge >= 0.3 is 0 Å². The van der Waals surface area contributed by atoms with E-state index in [0.717, 1.165) is 22.1 Å². The van der Waals surface area contributed by atoms with Crippen molar-refractivity contribution in [2.45, 2.75) is 25.0 Å². The lowest BCUT2D eigenvalue weighted by Crippen LogP contribution is -2.34. The lowest BCUT2D eigenvalue weighted by atomic mass is 10.0. The Hall–Kier alpha value is -2.65. The second-order valence-electron chi connectivity index (χ2n) is 6.37. The summed E-state index contributed by atoms with van der Waals surface area (Å²) in [5, 5.41) is 15.5. The van der Waals surface area contributed by atoms with Gasteiger partial charge in [0.1, 0.15) is 0 Å². The van der Waals surface area contributed by atoms with E-state index in [0.29, 0.717) is 12.8 Å². The molecular formula is C21H19NO2. The lowest BCUT2D eigenvalue weighted by Gasteiger charge is -2.18. The third kappa shape index (κ3) is 2.79. The van der Waals surface area contributed by atoms with Crippen molar-refractivity contribution < 1.29 is 9.90 Å². The highest BCUT2D eigenvalue weighted by Crippen LogP contribution is 2.31. The Balaban J connectivity index is 1.50. The fourth-order valence-electron chi connectivity index (χ4n) is 3.51. The molecule has 2 N–H and O–H groups in total. The minimum Gasteiger partial charge on any atom is -0.390 e. The van der Waals surface area contributed by atoms with Gasteiger partial charge in [0.2, 0.25) is 5.91 Å². The first-order valence-electron chi connectivity index (χ1n) is 8.23. The maximum absolute atomic E-state index is 12.4. The summed E-state index contributed by atoms with van der Waals surface area (Å²) in [6.07, 6.45) is 0.357. The molecule has 24 heavy (non-hydrogen) atoms. The molecule has 4 rings (SSSR count). The second kappa shape index (κ2) is 6.10. The fraction of sp³-hybridized carbons (Fsp3) is 0.190. The molecule has 0 radical (unpaired) electrons. The number of hydrogen-bond donors (Lipinski definition) is 2. The number of aliphatic hydroxyl groups excluding tert-OH is 1. The topological polar surface area (TPSA) is 49.3 Å². The Kier molecular flexibility index (Phi) is 3.79. The first kappa shape index (κ1) is 14.9. The SMILES string of the molecule is O=C(Cc1ccc2ccccc2c1)NC1c2ccccc2CC1O. The predicted octanol–water partition coefficient (Wildman–Crippen LogP) is 3.16. The smallest absolute Gasteiger partial charge is 0.224 e. The molecule has 1 aliphatic rings. The zero-order chi connectivity index (χ0) is 16.5. The summed E-state index contributed by atoms with van der Waals surface area (Å²) in [7, 11) is 0. The molecule has 0 aliphatic heterocycles. The largest absolute Gasteiger partial charge is 0.390 e. The molecule has 0 spiro atoms. The first-order chi connectivity index (χ1) is 11.7. The summed E-state index contributed by atoms with van der Waals surface area (Å²) < 4.78 is 0. The minimum atomic E-state index is -0.553. The monoisotopic (exact) mass is 317 g/mol. The highest BCUT2D eigenvalue weighted by atomic mass is 16.3. The molecule has 1 aliphatic carbocycles. The number of nitrogens with one attached hydrogen (secondary N) is 1. The Labute approximate surface area is 140 Å². The maximum atomic E-state index is 12.4. The van der Waals surface area contributed by atoms with Gasteiger partial charge in [0.15, 0.2) is 0 Å². The number of carbonyl (C=O) groups is 1. The van der Waals surface area contributed by atoms with Gasteiger partial charge in [-0.1, -0.05) is 66.7 Å². The van der Waals surface area contributed by atoms with E-state index in [-0.39, 0.29) is 11.9 Å². The van der Waals surface area contributed by atoms with Crippen LogP contribution in [0, 0.1) is 0 Å². The fourth-order valence-corrected chi connectivity index (χ4v) is 3.51. The minimum absolute atomic E-state index is 0.0639. The molecule has 0 bridgehead atoms. The summed E-state index contributed by atoms with van der Waals surface area (Å²) >= 11 is 0. The maximum Gasteiger partial charge on any atom is 0.224 e. The van der Waals surface area contributed by atoms with Crippen molar-refractivity contribution >= 4 is 16.7 Å². The zero-order valence-electron chi connectivity index (χ0n) is 13.3. The van der Waals surface area contributed by atoms with Gasteiger partial charge in [0.25, 0.3) is 0 Å². The van der Waals surface area contributed by atoms with Crippen LogP contribution in [0.25, 0.3) is 10.8 Å². The summed E-state index contributed by atoms with van der Waals surface area (Å²) in [6, 6.07) is 21.8. The van der Waals surface area contributed by atoms with Crippen molar-refractivity contribution in [3.8, 4) is 0 Å². The Morgan fingerprint density at radius 3 is 2.62 bits per heavy atom. The van der Waals surface area contributed by atoms with E-state index in [1.54, 1.807) is 0 Å². The van der Waals surface area contributed by atoms with Crippen LogP contribution in [0.1, 0.15) is 22.7 Å². The van der Waals surface area contributed by atoms with Crippen molar-refractivity contribution in [2.24, 2.45) is 0 Å². The van der Waals surface area contributed by atoms with Gasteiger partial charge in [-0.2, -0.15) is 0 Å². The number of rotatable bonds is 3. The van der Waals surface area contributed by atoms with E-state index in [9.17, 15) is 9.90 Å². The molecule has 2 atom stereocenters. The van der Waals surface area contributed by atoms with E-state index < -0.39 is 6.10 Å². The Morgan fingerprint density at radius 1 is 1.00 bits per heavy atom. The number of carbonyl (C=O) groups excluding carboxylic acids is 1. The zero-order valence-corrected chi connectivity index (χ0v) is 13.3. The van der Waals surface area contributed by atoms with Crippen LogP contribution in [0.5, 0.6) is 0 Å². The number of benzene rings is 3. The molecule has 0 heterocycles. The van der Waals surface area contributed by atoms with Gasteiger partial charge in [0, 0.05) is 6.42 Å². The Morgan fingerprint density at radius 2 is 1.75 bits per heavy atom. The molecule has 0 saturated heterocycles. The summed E-state index contributed by atoms with van der Waals surface area (Å²) in [4.78, 5) is 12.4. The summed E-state index contributed by atoms with van der Waals surface area (Å²) in [5.41, 5.74) is 3.12. The number of fused-ring (bicyclic) bond motifs is 2. The molecule has 1 amide bonds. The number of hydrogen-bond acceptors (Lipinski definition) is 2. The highest BCUT2D eigenvalue weighted by molar-refractivity contribution is 5.85. The first-order valence-corrected chi connectivity index (χ1v) is 8.23. The third-order valence-corrected chi connectivity index (χ3v) is 4.70. The van der Waals surface area contributed by atoms with Gasteiger partial charge in [-0.3, -0.25) is 4.79 Å². The molecule has 3 aromatic carbocycles. The van der Waals surface area contributed by atoms with Crippen LogP contribution < -0.4 is 5.32 Å². The second-order valence-corrected chi connectivity index (χ2v) is 6.37. The van der Waals surface area contributed by atoms with Crippen LogP contribution in [0.15, 0.2) is 66.7 Å². The highest BCUT2D eigenvalue weighted by Gasteiger charge is 2.31. The molecule has 3 heteroatoms. The normalized spacial score (nSPS) is 19.2. The van der Waals surface area contributed by atoms with Crippen LogP contribution in [-0.4, -0.2) is 17.1 Å². The van der Waals surface area contributed by atoms with Crippen LogP contribution >= 0.6 is 0 Å². The van der Waals surface area contributed by atoms with Crippen LogP contribution in [0.2, 0.25) is 0 Å². The third-order valence-electron chi connectivity index (χ3n) is 4.70. The molecule has 3 nitrogen and oxygen atoms in total. The van der Waals surface area contributed by atoms with E-state index in [1.807, 2.05) is 60.7 Å². The lowest BCUT2D eigenvalue weighted by molar-refractivity contribution is -0.121. The van der Waals surface area contributed by atoms with Crippen molar-refractivity contribution in [1.82, 2.24) is 5.32 Å². The van der Waals surface area contributed by atoms with Crippen LogP contribution in [0.3, 0.4) is 0 Å².